The second-order valence-corrected chi connectivity index (χ2v) is 7.99. The van der Waals surface area contributed by atoms with Crippen LogP contribution in [-0.2, 0) is 4.74 Å². The Kier molecular flexibility index (Phi) is 11.4. The maximum Gasteiger partial charge on any atom is 0.124 e. The third-order valence-corrected chi connectivity index (χ3v) is 5.03. The van der Waals surface area contributed by atoms with E-state index in [-0.39, 0.29) is 12.2 Å². The Bertz CT molecular complexity index is 327. The highest BCUT2D eigenvalue weighted by Gasteiger charge is 2.29. The minimum absolute atomic E-state index is 0.174. The highest BCUT2D eigenvalue weighted by molar-refractivity contribution is 4.88. The third-order valence-electron chi connectivity index (χ3n) is 5.03. The second-order valence-electron chi connectivity index (χ2n) is 7.99. The molecule has 1 rings (SSSR count). The third kappa shape index (κ3) is 10.4. The summed E-state index contributed by atoms with van der Waals surface area (Å²) in [5.41, 5.74) is 0. The average molecular weight is 341 g/mol. The fourth-order valence-electron chi connectivity index (χ4n) is 3.44. The van der Waals surface area contributed by atoms with E-state index in [1.807, 2.05) is 0 Å². The van der Waals surface area contributed by atoms with Gasteiger partial charge in [0.2, 0.25) is 0 Å². The van der Waals surface area contributed by atoms with Crippen LogP contribution in [0.25, 0.3) is 0 Å². The SMILES string of the molecule is C=C(CCCCCCCCCCC(C)C)OC1CCC(O)CC1O. The summed E-state index contributed by atoms with van der Waals surface area (Å²) in [7, 11) is 0. The van der Waals surface area contributed by atoms with Gasteiger partial charge < -0.3 is 14.9 Å². The molecule has 0 aromatic heterocycles. The van der Waals surface area contributed by atoms with Crippen molar-refractivity contribution >= 4 is 0 Å². The molecule has 3 nitrogen and oxygen atoms in total. The lowest BCUT2D eigenvalue weighted by Gasteiger charge is -2.31. The zero-order valence-electron chi connectivity index (χ0n) is 16.0. The summed E-state index contributed by atoms with van der Waals surface area (Å²) < 4.78 is 5.79. The van der Waals surface area contributed by atoms with Crippen LogP contribution in [0.2, 0.25) is 0 Å². The van der Waals surface area contributed by atoms with Crippen molar-refractivity contribution in [1.29, 1.82) is 0 Å². The van der Waals surface area contributed by atoms with Crippen molar-refractivity contribution in [2.45, 2.75) is 116 Å². The first-order chi connectivity index (χ1) is 11.5. The fraction of sp³-hybridized carbons (Fsp3) is 0.905. The van der Waals surface area contributed by atoms with Gasteiger partial charge in [0.1, 0.15) is 6.10 Å². The molecular weight excluding hydrogens is 300 g/mol. The molecule has 3 heteroatoms. The van der Waals surface area contributed by atoms with Crippen LogP contribution >= 0.6 is 0 Å². The first-order valence-corrected chi connectivity index (χ1v) is 10.2. The standard InChI is InChI=1S/C21H40O3/c1-17(2)12-10-8-6-4-5-7-9-11-13-18(3)24-21-15-14-19(22)16-20(21)23/h17,19-23H,3-16H2,1-2H3. The maximum atomic E-state index is 9.92. The molecule has 142 valence electrons. The van der Waals surface area contributed by atoms with E-state index in [9.17, 15) is 10.2 Å². The molecular formula is C21H40O3. The van der Waals surface area contributed by atoms with E-state index < -0.39 is 6.10 Å². The summed E-state index contributed by atoms with van der Waals surface area (Å²) in [6.07, 6.45) is 13.5. The summed E-state index contributed by atoms with van der Waals surface area (Å²) in [5, 5.41) is 19.4. The molecule has 3 unspecified atom stereocenters. The van der Waals surface area contributed by atoms with Gasteiger partial charge in [0.05, 0.1) is 18.0 Å². The van der Waals surface area contributed by atoms with Gasteiger partial charge in [-0.15, -0.1) is 0 Å². The van der Waals surface area contributed by atoms with Crippen LogP contribution in [0.3, 0.4) is 0 Å². The predicted molar refractivity (Wildman–Crippen MR) is 101 cm³/mol. The van der Waals surface area contributed by atoms with Crippen molar-refractivity contribution in [3.63, 3.8) is 0 Å². The molecule has 0 heterocycles. The van der Waals surface area contributed by atoms with Crippen LogP contribution in [-0.4, -0.2) is 28.5 Å². The van der Waals surface area contributed by atoms with Crippen LogP contribution in [0, 0.1) is 5.92 Å². The molecule has 0 saturated heterocycles. The first-order valence-electron chi connectivity index (χ1n) is 10.2. The monoisotopic (exact) mass is 340 g/mol. The van der Waals surface area contributed by atoms with Gasteiger partial charge in [0, 0.05) is 12.8 Å². The molecule has 1 aliphatic carbocycles. The summed E-state index contributed by atoms with van der Waals surface area (Å²) in [6, 6.07) is 0. The van der Waals surface area contributed by atoms with Crippen molar-refractivity contribution in [3.05, 3.63) is 12.3 Å². The van der Waals surface area contributed by atoms with E-state index in [0.29, 0.717) is 12.8 Å². The van der Waals surface area contributed by atoms with Crippen molar-refractivity contribution in [1.82, 2.24) is 0 Å². The van der Waals surface area contributed by atoms with E-state index in [1.165, 1.54) is 51.4 Å². The summed E-state index contributed by atoms with van der Waals surface area (Å²) in [5.74, 6) is 1.64. The Morgan fingerprint density at radius 3 is 2.12 bits per heavy atom. The highest BCUT2D eigenvalue weighted by atomic mass is 16.5. The van der Waals surface area contributed by atoms with Crippen LogP contribution < -0.4 is 0 Å². The lowest BCUT2D eigenvalue weighted by atomic mass is 9.92. The van der Waals surface area contributed by atoms with Gasteiger partial charge in [0.25, 0.3) is 0 Å². The van der Waals surface area contributed by atoms with E-state index in [4.69, 9.17) is 4.74 Å². The number of allylic oxidation sites excluding steroid dienone is 1. The Morgan fingerprint density at radius 2 is 1.54 bits per heavy atom. The molecule has 1 fully saturated rings. The zero-order chi connectivity index (χ0) is 17.8. The molecule has 3 atom stereocenters. The molecule has 1 aliphatic rings. The van der Waals surface area contributed by atoms with Crippen LogP contribution in [0.15, 0.2) is 12.3 Å². The normalized spacial score (nSPS) is 24.3. The van der Waals surface area contributed by atoms with Crippen molar-refractivity contribution in [2.75, 3.05) is 0 Å². The van der Waals surface area contributed by atoms with Gasteiger partial charge in [-0.25, -0.2) is 0 Å². The topological polar surface area (TPSA) is 49.7 Å². The molecule has 0 aromatic rings. The summed E-state index contributed by atoms with van der Waals surface area (Å²) >= 11 is 0. The number of unbranched alkanes of at least 4 members (excludes halogenated alkanes) is 7. The van der Waals surface area contributed by atoms with E-state index in [0.717, 1.165) is 30.9 Å². The van der Waals surface area contributed by atoms with Crippen molar-refractivity contribution in [3.8, 4) is 0 Å². The Labute approximate surface area is 149 Å². The first kappa shape index (κ1) is 21.5. The van der Waals surface area contributed by atoms with Gasteiger partial charge in [-0.1, -0.05) is 71.8 Å². The smallest absolute Gasteiger partial charge is 0.124 e. The number of rotatable bonds is 13. The van der Waals surface area contributed by atoms with Gasteiger partial charge >= 0.3 is 0 Å². The van der Waals surface area contributed by atoms with Crippen LogP contribution in [0.4, 0.5) is 0 Å². The van der Waals surface area contributed by atoms with E-state index >= 15 is 0 Å². The lowest BCUT2D eigenvalue weighted by Crippen LogP contribution is -2.37. The minimum atomic E-state index is -0.554. The van der Waals surface area contributed by atoms with Gasteiger partial charge in [0.15, 0.2) is 0 Å². The number of aliphatic hydroxyl groups is 2. The number of aliphatic hydroxyl groups excluding tert-OH is 2. The Hall–Kier alpha value is -0.540. The Balaban J connectivity index is 1.91. The average Bonchev–Trinajstić information content (AvgIpc) is 2.51. The van der Waals surface area contributed by atoms with Crippen molar-refractivity contribution < 1.29 is 14.9 Å². The zero-order valence-corrected chi connectivity index (χ0v) is 16.0. The number of ether oxygens (including phenoxy) is 1. The number of hydrogen-bond acceptors (Lipinski definition) is 3. The van der Waals surface area contributed by atoms with Crippen molar-refractivity contribution in [2.24, 2.45) is 5.92 Å². The summed E-state index contributed by atoms with van der Waals surface area (Å²) in [6.45, 7) is 8.59. The van der Waals surface area contributed by atoms with Crippen LogP contribution in [0.5, 0.6) is 0 Å². The minimum Gasteiger partial charge on any atom is -0.493 e. The lowest BCUT2D eigenvalue weighted by molar-refractivity contribution is -0.0648. The van der Waals surface area contributed by atoms with Gasteiger partial charge in [-0.05, 0) is 25.2 Å². The summed E-state index contributed by atoms with van der Waals surface area (Å²) in [4.78, 5) is 0. The number of hydrogen-bond donors (Lipinski definition) is 2. The largest absolute Gasteiger partial charge is 0.493 e. The maximum absolute atomic E-state index is 9.92. The Morgan fingerprint density at radius 1 is 0.958 bits per heavy atom. The molecule has 0 aliphatic heterocycles. The molecule has 2 N–H and O–H groups in total. The van der Waals surface area contributed by atoms with Crippen LogP contribution in [0.1, 0.15) is 97.3 Å². The molecule has 0 amide bonds. The molecule has 0 bridgehead atoms. The molecule has 0 radical (unpaired) electrons. The van der Waals surface area contributed by atoms with E-state index in [1.54, 1.807) is 0 Å². The van der Waals surface area contributed by atoms with Gasteiger partial charge in [-0.2, -0.15) is 0 Å². The molecule has 0 aromatic carbocycles. The van der Waals surface area contributed by atoms with E-state index in [2.05, 4.69) is 20.4 Å². The molecule has 24 heavy (non-hydrogen) atoms. The molecule has 1 saturated carbocycles. The second kappa shape index (κ2) is 12.8. The van der Waals surface area contributed by atoms with Gasteiger partial charge in [-0.3, -0.25) is 0 Å². The molecule has 0 spiro atoms. The highest BCUT2D eigenvalue weighted by Crippen LogP contribution is 2.24. The predicted octanol–water partition coefficient (Wildman–Crippen LogP) is 5.35. The quantitative estimate of drug-likeness (QED) is 0.351. The fourth-order valence-corrected chi connectivity index (χ4v) is 3.44.